The van der Waals surface area contributed by atoms with Crippen LogP contribution in [0.2, 0.25) is 0 Å². The zero-order valence-corrected chi connectivity index (χ0v) is 12.0. The first-order valence-corrected chi connectivity index (χ1v) is 7.68. The molecule has 2 rings (SSSR count). The van der Waals surface area contributed by atoms with Gasteiger partial charge in [-0.2, -0.15) is 0 Å². The van der Waals surface area contributed by atoms with Crippen molar-refractivity contribution in [1.29, 1.82) is 0 Å². The molecule has 105 valence electrons. The van der Waals surface area contributed by atoms with Crippen molar-refractivity contribution in [3.63, 3.8) is 0 Å². The second kappa shape index (κ2) is 6.85. The summed E-state index contributed by atoms with van der Waals surface area (Å²) < 4.78 is 0. The summed E-state index contributed by atoms with van der Waals surface area (Å²) in [5.74, 6) is 0. The van der Waals surface area contributed by atoms with Crippen molar-refractivity contribution in [2.24, 2.45) is 0 Å². The summed E-state index contributed by atoms with van der Waals surface area (Å²) >= 11 is 0. The lowest BCUT2D eigenvalue weighted by atomic mass is 9.95. The smallest absolute Gasteiger partial charge is 0.100 e. The molecule has 4 nitrogen and oxygen atoms in total. The van der Waals surface area contributed by atoms with Gasteiger partial charge < -0.3 is 10.6 Å². The highest BCUT2D eigenvalue weighted by Crippen LogP contribution is 2.23. The van der Waals surface area contributed by atoms with Gasteiger partial charge in [0, 0.05) is 45.3 Å². The molecule has 2 heterocycles. The van der Waals surface area contributed by atoms with E-state index in [-0.39, 0.29) is 5.66 Å². The summed E-state index contributed by atoms with van der Waals surface area (Å²) in [5, 5.41) is 12.3. The Kier molecular flexibility index (Phi) is 5.42. The zero-order valence-electron chi connectivity index (χ0n) is 12.0. The van der Waals surface area contributed by atoms with Gasteiger partial charge in [0.2, 0.25) is 0 Å². The van der Waals surface area contributed by atoms with E-state index in [4.69, 9.17) is 5.32 Å². The number of rotatable bonds is 5. The Hall–Kier alpha value is -0.160. The molecule has 0 aromatic carbocycles. The molecule has 0 aromatic rings. The lowest BCUT2D eigenvalue weighted by Gasteiger charge is -2.49. The van der Waals surface area contributed by atoms with Crippen LogP contribution in [0.25, 0.3) is 0 Å². The molecule has 0 saturated carbocycles. The van der Waals surface area contributed by atoms with E-state index in [1.54, 1.807) is 0 Å². The van der Waals surface area contributed by atoms with E-state index in [0.29, 0.717) is 6.04 Å². The fourth-order valence-electron chi connectivity index (χ4n) is 3.27. The van der Waals surface area contributed by atoms with Crippen molar-refractivity contribution in [3.8, 4) is 0 Å². The summed E-state index contributed by atoms with van der Waals surface area (Å²) in [4.78, 5) is 2.60. The normalized spacial score (nSPS) is 34.7. The molecular weight excluding hydrogens is 224 g/mol. The number of piperazine rings is 2. The summed E-state index contributed by atoms with van der Waals surface area (Å²) in [7, 11) is 0. The van der Waals surface area contributed by atoms with Crippen molar-refractivity contribution < 1.29 is 0 Å². The molecule has 2 aliphatic rings. The number of hydrogen-bond acceptors (Lipinski definition) is 3. The molecule has 0 amide bonds. The molecule has 4 heteroatoms. The quantitative estimate of drug-likeness (QED) is 0.760. The Morgan fingerprint density at radius 3 is 2.56 bits per heavy atom. The van der Waals surface area contributed by atoms with E-state index in [1.165, 1.54) is 25.7 Å². The average Bonchev–Trinajstić information content (AvgIpc) is 2.43. The van der Waals surface area contributed by atoms with E-state index in [2.05, 4.69) is 29.4 Å². The average molecular weight is 253 g/mol. The SMILES string of the molecule is CCCC1C[N]C(CCC)(N2CCNCC2)CN1. The Morgan fingerprint density at radius 2 is 2.00 bits per heavy atom. The Balaban J connectivity index is 1.95. The van der Waals surface area contributed by atoms with Crippen molar-refractivity contribution >= 4 is 0 Å². The van der Waals surface area contributed by atoms with Crippen LogP contribution in [-0.4, -0.2) is 55.9 Å². The predicted octanol–water partition coefficient (Wildman–Crippen LogP) is 0.764. The fourth-order valence-corrected chi connectivity index (χ4v) is 3.27. The summed E-state index contributed by atoms with van der Waals surface area (Å²) in [6.45, 7) is 11.1. The maximum absolute atomic E-state index is 5.11. The van der Waals surface area contributed by atoms with Crippen LogP contribution in [0.1, 0.15) is 39.5 Å². The zero-order chi connectivity index (χ0) is 12.8. The van der Waals surface area contributed by atoms with Crippen molar-refractivity contribution in [3.05, 3.63) is 0 Å². The van der Waals surface area contributed by atoms with Crippen LogP contribution in [0.5, 0.6) is 0 Å². The first kappa shape index (κ1) is 14.3. The lowest BCUT2D eigenvalue weighted by molar-refractivity contribution is 0.00922. The highest BCUT2D eigenvalue weighted by atomic mass is 15.4. The molecule has 2 unspecified atom stereocenters. The Morgan fingerprint density at radius 1 is 1.22 bits per heavy atom. The van der Waals surface area contributed by atoms with Crippen molar-refractivity contribution in [2.45, 2.75) is 51.2 Å². The van der Waals surface area contributed by atoms with Crippen LogP contribution >= 0.6 is 0 Å². The second-order valence-corrected chi connectivity index (χ2v) is 5.68. The highest BCUT2D eigenvalue weighted by Gasteiger charge is 2.40. The molecule has 2 aliphatic heterocycles. The lowest BCUT2D eigenvalue weighted by Crippen LogP contribution is -2.69. The predicted molar refractivity (Wildman–Crippen MR) is 75.8 cm³/mol. The van der Waals surface area contributed by atoms with Crippen molar-refractivity contribution in [1.82, 2.24) is 20.9 Å². The molecule has 0 spiro atoms. The minimum atomic E-state index is 0.0844. The van der Waals surface area contributed by atoms with Gasteiger partial charge in [-0.3, -0.25) is 4.90 Å². The van der Waals surface area contributed by atoms with Gasteiger partial charge in [-0.15, -0.1) is 0 Å². The van der Waals surface area contributed by atoms with Crippen LogP contribution in [0, 0.1) is 0 Å². The maximum atomic E-state index is 5.11. The van der Waals surface area contributed by atoms with E-state index in [1.807, 2.05) is 0 Å². The van der Waals surface area contributed by atoms with Gasteiger partial charge >= 0.3 is 0 Å². The summed E-state index contributed by atoms with van der Waals surface area (Å²) in [6.07, 6.45) is 4.92. The molecule has 2 N–H and O–H groups in total. The Labute approximate surface area is 112 Å². The molecule has 1 radical (unpaired) electrons. The van der Waals surface area contributed by atoms with E-state index >= 15 is 0 Å². The fraction of sp³-hybridized carbons (Fsp3) is 1.00. The van der Waals surface area contributed by atoms with Crippen LogP contribution in [0.4, 0.5) is 0 Å². The van der Waals surface area contributed by atoms with Gasteiger partial charge in [0.05, 0.1) is 0 Å². The molecular formula is C14H29N4. The first-order valence-electron chi connectivity index (χ1n) is 7.68. The molecule has 0 bridgehead atoms. The van der Waals surface area contributed by atoms with Gasteiger partial charge in [-0.05, 0) is 12.8 Å². The number of nitrogens with zero attached hydrogens (tertiary/aromatic N) is 2. The standard InChI is InChI=1S/C14H29N4/c1-3-5-13-11-17-14(6-4-2,12-16-13)18-9-7-15-8-10-18/h13,15-16H,3-12H2,1-2H3. The monoisotopic (exact) mass is 253 g/mol. The molecule has 0 aliphatic carbocycles. The van der Waals surface area contributed by atoms with Gasteiger partial charge in [0.15, 0.2) is 0 Å². The van der Waals surface area contributed by atoms with Crippen LogP contribution in [0.3, 0.4) is 0 Å². The number of nitrogens with one attached hydrogen (secondary N) is 2. The van der Waals surface area contributed by atoms with E-state index in [0.717, 1.165) is 39.3 Å². The van der Waals surface area contributed by atoms with Gasteiger partial charge in [-0.25, -0.2) is 5.32 Å². The van der Waals surface area contributed by atoms with Crippen LogP contribution in [-0.2, 0) is 0 Å². The topological polar surface area (TPSA) is 41.4 Å². The molecule has 2 fully saturated rings. The maximum Gasteiger partial charge on any atom is 0.100 e. The largest absolute Gasteiger partial charge is 0.314 e. The molecule has 18 heavy (non-hydrogen) atoms. The summed E-state index contributed by atoms with van der Waals surface area (Å²) in [6, 6.07) is 0.614. The van der Waals surface area contributed by atoms with Crippen molar-refractivity contribution in [2.75, 3.05) is 39.3 Å². The highest BCUT2D eigenvalue weighted by molar-refractivity contribution is 4.97. The van der Waals surface area contributed by atoms with Crippen LogP contribution < -0.4 is 16.0 Å². The third-order valence-electron chi connectivity index (χ3n) is 4.27. The second-order valence-electron chi connectivity index (χ2n) is 5.68. The minimum absolute atomic E-state index is 0.0844. The number of hydrogen-bond donors (Lipinski definition) is 2. The van der Waals surface area contributed by atoms with E-state index < -0.39 is 0 Å². The van der Waals surface area contributed by atoms with Gasteiger partial charge in [0.25, 0.3) is 0 Å². The molecule has 2 saturated heterocycles. The molecule has 2 atom stereocenters. The minimum Gasteiger partial charge on any atom is -0.314 e. The molecule has 0 aromatic heterocycles. The first-order chi connectivity index (χ1) is 8.80. The Bertz CT molecular complexity index is 230. The van der Waals surface area contributed by atoms with E-state index in [9.17, 15) is 0 Å². The summed E-state index contributed by atoms with van der Waals surface area (Å²) in [5.41, 5.74) is 0.0844. The third kappa shape index (κ3) is 3.23. The third-order valence-corrected chi connectivity index (χ3v) is 4.27. The van der Waals surface area contributed by atoms with Crippen LogP contribution in [0.15, 0.2) is 0 Å². The van der Waals surface area contributed by atoms with Gasteiger partial charge in [-0.1, -0.05) is 26.7 Å². The van der Waals surface area contributed by atoms with Gasteiger partial charge in [0.1, 0.15) is 5.66 Å².